The average Bonchev–Trinajstić information content (AvgIpc) is 2.96. The molecule has 0 aliphatic carbocycles. The maximum absolute atomic E-state index is 4.89. The lowest BCUT2D eigenvalue weighted by Crippen LogP contribution is -2.31. The molecule has 21 heavy (non-hydrogen) atoms. The molecule has 1 atom stereocenters. The Labute approximate surface area is 124 Å². The largest absolute Gasteiger partial charge is 0.320 e. The summed E-state index contributed by atoms with van der Waals surface area (Å²) in [6.45, 7) is 2.16. The molecule has 0 saturated carbocycles. The van der Waals surface area contributed by atoms with Crippen molar-refractivity contribution in [1.29, 1.82) is 0 Å². The van der Waals surface area contributed by atoms with Gasteiger partial charge >= 0.3 is 0 Å². The van der Waals surface area contributed by atoms with Crippen LogP contribution in [0.25, 0.3) is 22.4 Å². The molecule has 1 unspecified atom stereocenters. The highest BCUT2D eigenvalue weighted by molar-refractivity contribution is 5.80. The van der Waals surface area contributed by atoms with E-state index in [1.165, 1.54) is 23.9 Å². The van der Waals surface area contributed by atoms with E-state index >= 15 is 0 Å². The van der Waals surface area contributed by atoms with E-state index in [1.54, 1.807) is 0 Å². The first-order valence-corrected chi connectivity index (χ1v) is 7.66. The van der Waals surface area contributed by atoms with Crippen molar-refractivity contribution in [2.24, 2.45) is 0 Å². The molecule has 0 amide bonds. The van der Waals surface area contributed by atoms with E-state index in [1.807, 2.05) is 0 Å². The SMILES string of the molecule is c1ccc(-c2nc3ccccc3n2C2CCCNC2)cc1. The smallest absolute Gasteiger partial charge is 0.141 e. The van der Waals surface area contributed by atoms with Crippen LogP contribution in [-0.2, 0) is 0 Å². The summed E-state index contributed by atoms with van der Waals surface area (Å²) >= 11 is 0. The normalized spacial score (nSPS) is 19.0. The summed E-state index contributed by atoms with van der Waals surface area (Å²) in [6, 6.07) is 19.5. The van der Waals surface area contributed by atoms with Gasteiger partial charge in [-0.05, 0) is 31.5 Å². The van der Waals surface area contributed by atoms with Crippen LogP contribution in [0.1, 0.15) is 18.9 Å². The Hall–Kier alpha value is -2.13. The highest BCUT2D eigenvalue weighted by atomic mass is 15.1. The van der Waals surface area contributed by atoms with Crippen LogP contribution in [0.15, 0.2) is 54.6 Å². The fourth-order valence-corrected chi connectivity index (χ4v) is 3.26. The van der Waals surface area contributed by atoms with E-state index in [0.29, 0.717) is 6.04 Å². The van der Waals surface area contributed by atoms with Crippen molar-refractivity contribution in [1.82, 2.24) is 14.9 Å². The first kappa shape index (κ1) is 12.6. The third-order valence-corrected chi connectivity index (χ3v) is 4.26. The van der Waals surface area contributed by atoms with Crippen LogP contribution >= 0.6 is 0 Å². The second-order valence-electron chi connectivity index (χ2n) is 5.66. The molecule has 3 heteroatoms. The lowest BCUT2D eigenvalue weighted by atomic mass is 10.1. The standard InChI is InChI=1S/C18H19N3/c1-2-7-14(8-3-1)18-20-16-10-4-5-11-17(16)21(18)15-9-6-12-19-13-15/h1-5,7-8,10-11,15,19H,6,9,12-13H2. The maximum Gasteiger partial charge on any atom is 0.141 e. The van der Waals surface area contributed by atoms with Gasteiger partial charge in [-0.15, -0.1) is 0 Å². The average molecular weight is 277 g/mol. The monoisotopic (exact) mass is 277 g/mol. The van der Waals surface area contributed by atoms with Gasteiger partial charge in [0.25, 0.3) is 0 Å². The van der Waals surface area contributed by atoms with Gasteiger partial charge in [-0.2, -0.15) is 0 Å². The number of imidazole rings is 1. The summed E-state index contributed by atoms with van der Waals surface area (Å²) < 4.78 is 2.43. The number of hydrogen-bond acceptors (Lipinski definition) is 2. The minimum atomic E-state index is 0.487. The highest BCUT2D eigenvalue weighted by Crippen LogP contribution is 2.30. The van der Waals surface area contributed by atoms with Gasteiger partial charge in [-0.1, -0.05) is 42.5 Å². The minimum Gasteiger partial charge on any atom is -0.320 e. The molecule has 0 bridgehead atoms. The van der Waals surface area contributed by atoms with Crippen LogP contribution in [0.3, 0.4) is 0 Å². The van der Waals surface area contributed by atoms with E-state index in [4.69, 9.17) is 4.98 Å². The van der Waals surface area contributed by atoms with Crippen molar-refractivity contribution in [3.8, 4) is 11.4 Å². The Bertz CT molecular complexity index is 740. The molecule has 0 radical (unpaired) electrons. The van der Waals surface area contributed by atoms with E-state index in [2.05, 4.69) is 64.5 Å². The van der Waals surface area contributed by atoms with Crippen LogP contribution in [0.2, 0.25) is 0 Å². The number of hydrogen-bond donors (Lipinski definition) is 1. The van der Waals surface area contributed by atoms with Crippen molar-refractivity contribution in [3.63, 3.8) is 0 Å². The molecule has 1 aromatic heterocycles. The van der Waals surface area contributed by atoms with E-state index < -0.39 is 0 Å². The zero-order chi connectivity index (χ0) is 14.1. The molecule has 1 N–H and O–H groups in total. The zero-order valence-corrected chi connectivity index (χ0v) is 12.0. The summed E-state index contributed by atoms with van der Waals surface area (Å²) in [5.74, 6) is 1.09. The molecule has 3 nitrogen and oxygen atoms in total. The van der Waals surface area contributed by atoms with Gasteiger partial charge in [0, 0.05) is 18.2 Å². The molecule has 1 saturated heterocycles. The molecular formula is C18H19N3. The maximum atomic E-state index is 4.89. The number of benzene rings is 2. The van der Waals surface area contributed by atoms with Gasteiger partial charge in [0.2, 0.25) is 0 Å². The predicted molar refractivity (Wildman–Crippen MR) is 86.3 cm³/mol. The summed E-state index contributed by atoms with van der Waals surface area (Å²) in [4.78, 5) is 4.89. The van der Waals surface area contributed by atoms with E-state index in [0.717, 1.165) is 24.4 Å². The highest BCUT2D eigenvalue weighted by Gasteiger charge is 2.21. The summed E-state index contributed by atoms with van der Waals surface area (Å²) in [7, 11) is 0. The first-order valence-electron chi connectivity index (χ1n) is 7.66. The molecule has 2 heterocycles. The Morgan fingerprint density at radius 1 is 1.00 bits per heavy atom. The number of rotatable bonds is 2. The van der Waals surface area contributed by atoms with Crippen molar-refractivity contribution >= 4 is 11.0 Å². The van der Waals surface area contributed by atoms with Gasteiger partial charge in [0.1, 0.15) is 5.82 Å². The number of nitrogens with zero attached hydrogens (tertiary/aromatic N) is 2. The number of fused-ring (bicyclic) bond motifs is 1. The van der Waals surface area contributed by atoms with Gasteiger partial charge < -0.3 is 9.88 Å². The number of nitrogens with one attached hydrogen (secondary N) is 1. The first-order chi connectivity index (χ1) is 10.4. The quantitative estimate of drug-likeness (QED) is 0.775. The second-order valence-corrected chi connectivity index (χ2v) is 5.66. The van der Waals surface area contributed by atoms with E-state index in [9.17, 15) is 0 Å². The van der Waals surface area contributed by atoms with Crippen molar-refractivity contribution in [2.45, 2.75) is 18.9 Å². The number of para-hydroxylation sites is 2. The Morgan fingerprint density at radius 3 is 2.62 bits per heavy atom. The Kier molecular flexibility index (Phi) is 3.20. The molecule has 4 rings (SSSR count). The minimum absolute atomic E-state index is 0.487. The molecule has 0 spiro atoms. The third kappa shape index (κ3) is 2.24. The summed E-state index contributed by atoms with van der Waals surface area (Å²) in [5, 5.41) is 3.52. The Morgan fingerprint density at radius 2 is 1.81 bits per heavy atom. The van der Waals surface area contributed by atoms with Gasteiger partial charge in [-0.3, -0.25) is 0 Å². The topological polar surface area (TPSA) is 29.9 Å². The molecule has 106 valence electrons. The third-order valence-electron chi connectivity index (χ3n) is 4.26. The van der Waals surface area contributed by atoms with Crippen LogP contribution < -0.4 is 5.32 Å². The predicted octanol–water partition coefficient (Wildman–Crippen LogP) is 3.63. The van der Waals surface area contributed by atoms with Gasteiger partial charge in [-0.25, -0.2) is 4.98 Å². The molecule has 3 aromatic rings. The Balaban J connectivity index is 1.92. The van der Waals surface area contributed by atoms with Crippen LogP contribution in [0.4, 0.5) is 0 Å². The molecule has 1 aliphatic heterocycles. The summed E-state index contributed by atoms with van der Waals surface area (Å²) in [5.41, 5.74) is 3.52. The second kappa shape index (κ2) is 5.34. The van der Waals surface area contributed by atoms with Crippen molar-refractivity contribution < 1.29 is 0 Å². The molecular weight excluding hydrogens is 258 g/mol. The van der Waals surface area contributed by atoms with Gasteiger partial charge in [0.05, 0.1) is 11.0 Å². The number of aromatic nitrogens is 2. The van der Waals surface area contributed by atoms with E-state index in [-0.39, 0.29) is 0 Å². The van der Waals surface area contributed by atoms with Crippen molar-refractivity contribution in [2.75, 3.05) is 13.1 Å². The van der Waals surface area contributed by atoms with Crippen molar-refractivity contribution in [3.05, 3.63) is 54.6 Å². The van der Waals surface area contributed by atoms with Crippen LogP contribution in [0.5, 0.6) is 0 Å². The molecule has 1 aliphatic rings. The molecule has 1 fully saturated rings. The lowest BCUT2D eigenvalue weighted by molar-refractivity contribution is 0.380. The fraction of sp³-hybridized carbons (Fsp3) is 0.278. The molecule has 2 aromatic carbocycles. The van der Waals surface area contributed by atoms with Crippen LogP contribution in [-0.4, -0.2) is 22.6 Å². The number of piperidine rings is 1. The summed E-state index contributed by atoms with van der Waals surface area (Å²) in [6.07, 6.45) is 2.44. The fourth-order valence-electron chi connectivity index (χ4n) is 3.26. The van der Waals surface area contributed by atoms with Gasteiger partial charge in [0.15, 0.2) is 0 Å². The van der Waals surface area contributed by atoms with Crippen LogP contribution in [0, 0.1) is 0 Å². The lowest BCUT2D eigenvalue weighted by Gasteiger charge is -2.26. The zero-order valence-electron chi connectivity index (χ0n) is 12.0.